The van der Waals surface area contributed by atoms with Crippen LogP contribution < -0.4 is 25.3 Å². The summed E-state index contributed by atoms with van der Waals surface area (Å²) in [6.07, 6.45) is 3.02. The quantitative estimate of drug-likeness (QED) is 0.516. The van der Waals surface area contributed by atoms with Crippen molar-refractivity contribution in [3.8, 4) is 17.2 Å². The van der Waals surface area contributed by atoms with Crippen LogP contribution in [0.5, 0.6) is 17.2 Å². The molecule has 4 rings (SSSR count). The number of hydrogen-bond donors (Lipinski definition) is 2. The first-order chi connectivity index (χ1) is 16.5. The Labute approximate surface area is 199 Å². The molecule has 1 aliphatic rings. The fourth-order valence-electron chi connectivity index (χ4n) is 4.00. The smallest absolute Gasteiger partial charge is 0.232 e. The number of anilines is 3. The van der Waals surface area contributed by atoms with Crippen LogP contribution in [0.2, 0.25) is 0 Å². The molecular weight excluding hydrogens is 432 g/mol. The minimum absolute atomic E-state index is 0.196. The predicted molar refractivity (Wildman–Crippen MR) is 133 cm³/mol. The van der Waals surface area contributed by atoms with Crippen molar-refractivity contribution in [1.29, 1.82) is 0 Å². The highest BCUT2D eigenvalue weighted by Gasteiger charge is 2.21. The van der Waals surface area contributed by atoms with E-state index in [-0.39, 0.29) is 5.95 Å². The fourth-order valence-corrected chi connectivity index (χ4v) is 4.00. The number of nitrogen functional groups attached to an aromatic ring is 1. The maximum atomic E-state index is 5.97. The minimum Gasteiger partial charge on any atom is -0.496 e. The van der Waals surface area contributed by atoms with Gasteiger partial charge >= 0.3 is 0 Å². The molecule has 2 aromatic carbocycles. The van der Waals surface area contributed by atoms with E-state index in [0.29, 0.717) is 24.1 Å². The van der Waals surface area contributed by atoms with Crippen molar-refractivity contribution in [2.45, 2.75) is 19.9 Å². The summed E-state index contributed by atoms with van der Waals surface area (Å²) in [4.78, 5) is 15.4. The van der Waals surface area contributed by atoms with Crippen LogP contribution >= 0.6 is 0 Å². The monoisotopic (exact) mass is 462 g/mol. The van der Waals surface area contributed by atoms with E-state index in [1.54, 1.807) is 21.3 Å². The molecule has 0 saturated carbocycles. The first kappa shape index (κ1) is 23.3. The topological polar surface area (TPSA) is 108 Å². The average molecular weight is 463 g/mol. The number of nitrogens with one attached hydrogen (secondary N) is 1. The molecule has 0 unspecified atom stereocenters. The Morgan fingerprint density at radius 2 is 1.74 bits per heavy atom. The van der Waals surface area contributed by atoms with Crippen molar-refractivity contribution in [2.24, 2.45) is 0 Å². The normalized spacial score (nSPS) is 13.8. The van der Waals surface area contributed by atoms with Crippen molar-refractivity contribution < 1.29 is 14.2 Å². The van der Waals surface area contributed by atoms with E-state index in [4.69, 9.17) is 19.9 Å². The van der Waals surface area contributed by atoms with E-state index >= 15 is 0 Å². The van der Waals surface area contributed by atoms with Crippen molar-refractivity contribution in [3.05, 3.63) is 59.4 Å². The number of nitrogens with zero attached hydrogens (tertiary/aromatic N) is 4. The Hall–Kier alpha value is -3.85. The molecule has 0 fully saturated rings. The van der Waals surface area contributed by atoms with Gasteiger partial charge < -0.3 is 25.3 Å². The number of para-hydroxylation sites is 1. The number of methoxy groups -OCH3 is 3. The average Bonchev–Trinajstić information content (AvgIpc) is 2.84. The van der Waals surface area contributed by atoms with Crippen molar-refractivity contribution in [3.63, 3.8) is 0 Å². The van der Waals surface area contributed by atoms with Gasteiger partial charge in [0.25, 0.3) is 0 Å². The van der Waals surface area contributed by atoms with Gasteiger partial charge in [-0.3, -0.25) is 4.90 Å². The summed E-state index contributed by atoms with van der Waals surface area (Å²) in [7, 11) is 4.93. The second kappa shape index (κ2) is 10.4. The first-order valence-corrected chi connectivity index (χ1v) is 11.1. The Kier molecular flexibility index (Phi) is 7.12. The van der Waals surface area contributed by atoms with Crippen LogP contribution in [0.4, 0.5) is 17.6 Å². The summed E-state index contributed by atoms with van der Waals surface area (Å²) >= 11 is 0. The Balaban J connectivity index is 1.50. The molecule has 2 heterocycles. The van der Waals surface area contributed by atoms with Crippen molar-refractivity contribution >= 4 is 23.2 Å². The van der Waals surface area contributed by atoms with Gasteiger partial charge in [0.05, 0.1) is 33.4 Å². The number of benzene rings is 2. The SMILES string of the molecule is COc1cc(OC)c(C2=CCN(Cc3nc(N)nc(Nc4ccccc4C)n3)CC2)c(OC)c1. The lowest BCUT2D eigenvalue weighted by Gasteiger charge is -2.27. The van der Waals surface area contributed by atoms with E-state index in [1.165, 1.54) is 5.57 Å². The molecule has 1 aliphatic heterocycles. The van der Waals surface area contributed by atoms with Gasteiger partial charge in [0, 0.05) is 30.9 Å². The third kappa shape index (κ3) is 5.20. The number of ether oxygens (including phenoxy) is 3. The molecule has 0 radical (unpaired) electrons. The maximum Gasteiger partial charge on any atom is 0.232 e. The number of rotatable bonds is 8. The van der Waals surface area contributed by atoms with Gasteiger partial charge in [0.2, 0.25) is 11.9 Å². The van der Waals surface area contributed by atoms with Crippen LogP contribution in [0.25, 0.3) is 5.57 Å². The highest BCUT2D eigenvalue weighted by molar-refractivity contribution is 5.77. The summed E-state index contributed by atoms with van der Waals surface area (Å²) in [5.41, 5.74) is 10.1. The zero-order chi connectivity index (χ0) is 24.1. The molecule has 1 aromatic heterocycles. The van der Waals surface area contributed by atoms with Gasteiger partial charge in [-0.25, -0.2) is 0 Å². The van der Waals surface area contributed by atoms with E-state index in [2.05, 4.69) is 31.2 Å². The third-order valence-corrected chi connectivity index (χ3v) is 5.78. The molecule has 0 spiro atoms. The lowest BCUT2D eigenvalue weighted by Crippen LogP contribution is -2.29. The molecule has 0 atom stereocenters. The molecule has 3 N–H and O–H groups in total. The number of nitrogens with two attached hydrogens (primary N) is 1. The molecule has 0 aliphatic carbocycles. The van der Waals surface area contributed by atoms with Gasteiger partial charge in [-0.1, -0.05) is 24.3 Å². The maximum absolute atomic E-state index is 5.97. The molecule has 0 bridgehead atoms. The number of hydrogen-bond acceptors (Lipinski definition) is 9. The van der Waals surface area contributed by atoms with Crippen LogP contribution in [0, 0.1) is 6.92 Å². The Bertz CT molecular complexity index is 1170. The van der Waals surface area contributed by atoms with Crippen LogP contribution in [0.1, 0.15) is 23.4 Å². The highest BCUT2D eigenvalue weighted by Crippen LogP contribution is 2.40. The minimum atomic E-state index is 0.196. The molecule has 34 heavy (non-hydrogen) atoms. The first-order valence-electron chi connectivity index (χ1n) is 11.1. The van der Waals surface area contributed by atoms with E-state index < -0.39 is 0 Å². The lowest BCUT2D eigenvalue weighted by molar-refractivity contribution is 0.286. The molecule has 9 nitrogen and oxygen atoms in total. The zero-order valence-corrected chi connectivity index (χ0v) is 20.0. The van der Waals surface area contributed by atoms with E-state index in [0.717, 1.165) is 47.8 Å². The van der Waals surface area contributed by atoms with Gasteiger partial charge in [-0.15, -0.1) is 0 Å². The van der Waals surface area contributed by atoms with Crippen molar-refractivity contribution in [1.82, 2.24) is 19.9 Å². The largest absolute Gasteiger partial charge is 0.496 e. The lowest BCUT2D eigenvalue weighted by atomic mass is 9.97. The van der Waals surface area contributed by atoms with Crippen LogP contribution in [-0.2, 0) is 6.54 Å². The number of aryl methyl sites for hydroxylation is 1. The second-order valence-electron chi connectivity index (χ2n) is 7.99. The summed E-state index contributed by atoms with van der Waals surface area (Å²) < 4.78 is 16.6. The summed E-state index contributed by atoms with van der Waals surface area (Å²) in [5, 5.41) is 3.24. The van der Waals surface area contributed by atoms with Gasteiger partial charge in [-0.05, 0) is 30.5 Å². The zero-order valence-electron chi connectivity index (χ0n) is 20.0. The van der Waals surface area contributed by atoms with Gasteiger partial charge in [0.15, 0.2) is 0 Å². The van der Waals surface area contributed by atoms with Gasteiger partial charge in [-0.2, -0.15) is 15.0 Å². The summed E-state index contributed by atoms with van der Waals surface area (Å²) in [6.45, 7) is 4.16. The Morgan fingerprint density at radius 1 is 1.00 bits per heavy atom. The summed E-state index contributed by atoms with van der Waals surface area (Å²) in [6, 6.07) is 11.7. The molecule has 0 saturated heterocycles. The second-order valence-corrected chi connectivity index (χ2v) is 7.99. The third-order valence-electron chi connectivity index (χ3n) is 5.78. The molecular formula is C25H30N6O3. The standard InChI is InChI=1S/C25H30N6O3/c1-16-7-5-6-8-19(16)27-25-29-22(28-24(26)30-25)15-31-11-9-17(10-12-31)23-20(33-3)13-18(32-2)14-21(23)34-4/h5-9,13-14H,10-12,15H2,1-4H3,(H3,26,27,28,29,30). The van der Waals surface area contributed by atoms with Gasteiger partial charge in [0.1, 0.15) is 23.1 Å². The fraction of sp³-hybridized carbons (Fsp3) is 0.320. The summed E-state index contributed by atoms with van der Waals surface area (Å²) in [5.74, 6) is 3.42. The van der Waals surface area contributed by atoms with Crippen LogP contribution in [-0.4, -0.2) is 54.3 Å². The molecule has 178 valence electrons. The highest BCUT2D eigenvalue weighted by atomic mass is 16.5. The molecule has 3 aromatic rings. The van der Waals surface area contributed by atoms with E-state index in [9.17, 15) is 0 Å². The molecule has 9 heteroatoms. The van der Waals surface area contributed by atoms with E-state index in [1.807, 2.05) is 43.3 Å². The Morgan fingerprint density at radius 3 is 2.35 bits per heavy atom. The van der Waals surface area contributed by atoms with Crippen LogP contribution in [0.15, 0.2) is 42.5 Å². The van der Waals surface area contributed by atoms with Crippen molar-refractivity contribution in [2.75, 3.05) is 45.5 Å². The molecule has 0 amide bonds. The predicted octanol–water partition coefficient (Wildman–Crippen LogP) is 3.82. The number of aromatic nitrogens is 3. The van der Waals surface area contributed by atoms with Crippen LogP contribution in [0.3, 0.4) is 0 Å².